The summed E-state index contributed by atoms with van der Waals surface area (Å²) in [5.74, 6) is 1.71. The van der Waals surface area contributed by atoms with E-state index in [9.17, 15) is 0 Å². The van der Waals surface area contributed by atoms with Gasteiger partial charge >= 0.3 is 0 Å². The van der Waals surface area contributed by atoms with Gasteiger partial charge in [-0.2, -0.15) is 0 Å². The molecule has 0 aliphatic carbocycles. The van der Waals surface area contributed by atoms with Gasteiger partial charge in [0, 0.05) is 37.7 Å². The molecule has 6 heteroatoms. The van der Waals surface area contributed by atoms with E-state index in [0.717, 1.165) is 64.3 Å². The van der Waals surface area contributed by atoms with Crippen LogP contribution in [0, 0.1) is 13.8 Å². The van der Waals surface area contributed by atoms with Crippen molar-refractivity contribution in [3.8, 4) is 11.3 Å². The first-order valence-electron chi connectivity index (χ1n) is 10.6. The summed E-state index contributed by atoms with van der Waals surface area (Å²) in [7, 11) is 0. The zero-order chi connectivity index (χ0) is 20.8. The van der Waals surface area contributed by atoms with Crippen LogP contribution in [-0.2, 0) is 0 Å². The number of aryl methyl sites for hydroxylation is 2. The molecule has 1 saturated heterocycles. The first-order chi connectivity index (χ1) is 14.5. The van der Waals surface area contributed by atoms with Crippen molar-refractivity contribution in [1.29, 1.82) is 0 Å². The van der Waals surface area contributed by atoms with Gasteiger partial charge in [-0.3, -0.25) is 0 Å². The first kappa shape index (κ1) is 19.0. The van der Waals surface area contributed by atoms with Crippen molar-refractivity contribution in [2.75, 3.05) is 18.0 Å². The predicted octanol–water partition coefficient (Wildman–Crippen LogP) is 4.63. The zero-order valence-corrected chi connectivity index (χ0v) is 17.9. The molecular formula is C24H27N5O. The van der Waals surface area contributed by atoms with Gasteiger partial charge in [-0.25, -0.2) is 15.0 Å². The van der Waals surface area contributed by atoms with Gasteiger partial charge in [0.2, 0.25) is 0 Å². The van der Waals surface area contributed by atoms with E-state index in [1.165, 1.54) is 0 Å². The van der Waals surface area contributed by atoms with Crippen LogP contribution in [0.15, 0.2) is 40.8 Å². The van der Waals surface area contributed by atoms with Crippen molar-refractivity contribution in [2.45, 2.75) is 46.2 Å². The van der Waals surface area contributed by atoms with E-state index < -0.39 is 0 Å². The van der Waals surface area contributed by atoms with Crippen LogP contribution < -0.4 is 10.2 Å². The Bertz CT molecular complexity index is 1230. The van der Waals surface area contributed by atoms with Gasteiger partial charge < -0.3 is 14.6 Å². The minimum Gasteiger partial charge on any atom is -0.441 e. The number of oxazole rings is 1. The number of benzene rings is 1. The number of nitrogens with one attached hydrogen (secondary N) is 1. The van der Waals surface area contributed by atoms with Crippen molar-refractivity contribution in [2.24, 2.45) is 0 Å². The maximum absolute atomic E-state index is 5.74. The van der Waals surface area contributed by atoms with Crippen LogP contribution in [0.4, 0.5) is 5.82 Å². The lowest BCUT2D eigenvalue weighted by Crippen LogP contribution is -2.37. The van der Waals surface area contributed by atoms with Gasteiger partial charge in [0.1, 0.15) is 11.3 Å². The number of anilines is 1. The molecule has 1 aliphatic heterocycles. The van der Waals surface area contributed by atoms with Crippen molar-refractivity contribution in [3.63, 3.8) is 0 Å². The Labute approximate surface area is 176 Å². The molecule has 1 atom stereocenters. The van der Waals surface area contributed by atoms with Crippen molar-refractivity contribution < 1.29 is 4.42 Å². The number of fused-ring (bicyclic) bond motifs is 2. The maximum Gasteiger partial charge on any atom is 0.192 e. The monoisotopic (exact) mass is 401 g/mol. The van der Waals surface area contributed by atoms with Crippen LogP contribution in [0.25, 0.3) is 33.4 Å². The summed E-state index contributed by atoms with van der Waals surface area (Å²) < 4.78 is 5.74. The molecule has 1 N–H and O–H groups in total. The lowest BCUT2D eigenvalue weighted by atomic mass is 10.1. The van der Waals surface area contributed by atoms with Gasteiger partial charge in [-0.1, -0.05) is 13.8 Å². The number of hydrogen-bond donors (Lipinski definition) is 1. The zero-order valence-electron chi connectivity index (χ0n) is 17.9. The molecule has 4 aromatic rings. The highest BCUT2D eigenvalue weighted by Crippen LogP contribution is 2.29. The molecule has 4 heterocycles. The van der Waals surface area contributed by atoms with Crippen LogP contribution >= 0.6 is 0 Å². The molecule has 0 saturated carbocycles. The standard InChI is InChI=1S/C24H27N5O/c1-14(2)25-18-9-10-29(13-18)23-8-7-20-21(28-23)6-5-19(27-20)17-11-15(3)24-22(12-17)30-16(4)26-24/h5-8,11-12,14,18,25H,9-10,13H2,1-4H3. The van der Waals surface area contributed by atoms with Crippen LogP contribution in [0.5, 0.6) is 0 Å². The maximum atomic E-state index is 5.74. The third-order valence-corrected chi connectivity index (χ3v) is 5.70. The summed E-state index contributed by atoms with van der Waals surface area (Å²) >= 11 is 0. The second-order valence-electron chi connectivity index (χ2n) is 8.53. The SMILES string of the molecule is Cc1nc2c(C)cc(-c3ccc4nc(N5CCC(NC(C)C)C5)ccc4n3)cc2o1. The summed E-state index contributed by atoms with van der Waals surface area (Å²) in [4.78, 5) is 16.6. The summed E-state index contributed by atoms with van der Waals surface area (Å²) in [6.45, 7) is 10.4. The van der Waals surface area contributed by atoms with Crippen molar-refractivity contribution in [3.05, 3.63) is 47.9 Å². The van der Waals surface area contributed by atoms with Gasteiger partial charge in [-0.15, -0.1) is 0 Å². The Kier molecular flexibility index (Phi) is 4.66. The summed E-state index contributed by atoms with van der Waals surface area (Å²) in [6.07, 6.45) is 1.15. The third kappa shape index (κ3) is 3.52. The van der Waals surface area contributed by atoms with E-state index >= 15 is 0 Å². The highest BCUT2D eigenvalue weighted by molar-refractivity contribution is 5.85. The van der Waals surface area contributed by atoms with E-state index in [2.05, 4.69) is 60.2 Å². The van der Waals surface area contributed by atoms with Crippen LogP contribution in [0.2, 0.25) is 0 Å². The molecular weight excluding hydrogens is 374 g/mol. The number of pyridine rings is 2. The topological polar surface area (TPSA) is 67.1 Å². The van der Waals surface area contributed by atoms with E-state index in [1.54, 1.807) is 0 Å². The summed E-state index contributed by atoms with van der Waals surface area (Å²) in [6, 6.07) is 13.4. The number of nitrogens with zero attached hydrogens (tertiary/aromatic N) is 4. The minimum atomic E-state index is 0.505. The van der Waals surface area contributed by atoms with E-state index in [4.69, 9.17) is 14.4 Å². The largest absolute Gasteiger partial charge is 0.441 e. The molecule has 30 heavy (non-hydrogen) atoms. The second kappa shape index (κ2) is 7.36. The first-order valence-corrected chi connectivity index (χ1v) is 10.6. The summed E-state index contributed by atoms with van der Waals surface area (Å²) in [5.41, 5.74) is 6.58. The molecule has 6 nitrogen and oxygen atoms in total. The van der Waals surface area contributed by atoms with Gasteiger partial charge in [0.15, 0.2) is 11.5 Å². The fourth-order valence-corrected chi connectivity index (χ4v) is 4.37. The summed E-state index contributed by atoms with van der Waals surface area (Å²) in [5, 5.41) is 3.63. The van der Waals surface area contributed by atoms with Gasteiger partial charge in [-0.05, 0) is 55.3 Å². The third-order valence-electron chi connectivity index (χ3n) is 5.70. The molecule has 1 aromatic carbocycles. The molecule has 5 rings (SSSR count). The van der Waals surface area contributed by atoms with Gasteiger partial charge in [0.05, 0.1) is 16.7 Å². The van der Waals surface area contributed by atoms with Crippen molar-refractivity contribution >= 4 is 28.0 Å². The molecule has 0 amide bonds. The quantitative estimate of drug-likeness (QED) is 0.538. The average molecular weight is 402 g/mol. The van der Waals surface area contributed by atoms with Crippen molar-refractivity contribution in [1.82, 2.24) is 20.3 Å². The Balaban J connectivity index is 1.44. The second-order valence-corrected chi connectivity index (χ2v) is 8.53. The molecule has 0 radical (unpaired) electrons. The molecule has 0 bridgehead atoms. The minimum absolute atomic E-state index is 0.505. The molecule has 3 aromatic heterocycles. The predicted molar refractivity (Wildman–Crippen MR) is 121 cm³/mol. The van der Waals surface area contributed by atoms with Crippen LogP contribution in [-0.4, -0.2) is 40.1 Å². The smallest absolute Gasteiger partial charge is 0.192 e. The molecule has 1 unspecified atom stereocenters. The number of aromatic nitrogens is 3. The Morgan fingerprint density at radius 3 is 2.67 bits per heavy atom. The highest BCUT2D eigenvalue weighted by atomic mass is 16.3. The normalized spacial score (nSPS) is 17.0. The van der Waals surface area contributed by atoms with Crippen LogP contribution in [0.3, 0.4) is 0 Å². The fourth-order valence-electron chi connectivity index (χ4n) is 4.37. The Morgan fingerprint density at radius 2 is 1.83 bits per heavy atom. The average Bonchev–Trinajstić information content (AvgIpc) is 3.33. The number of hydrogen-bond acceptors (Lipinski definition) is 6. The molecule has 1 aliphatic rings. The Morgan fingerprint density at radius 1 is 1.03 bits per heavy atom. The molecule has 154 valence electrons. The van der Waals surface area contributed by atoms with E-state index in [1.807, 2.05) is 19.1 Å². The lowest BCUT2D eigenvalue weighted by Gasteiger charge is -2.19. The highest BCUT2D eigenvalue weighted by Gasteiger charge is 2.23. The Hall–Kier alpha value is -2.99. The molecule has 0 spiro atoms. The number of rotatable bonds is 4. The molecule has 1 fully saturated rings. The van der Waals surface area contributed by atoms with Crippen LogP contribution in [0.1, 0.15) is 31.7 Å². The van der Waals surface area contributed by atoms with E-state index in [-0.39, 0.29) is 0 Å². The fraction of sp³-hybridized carbons (Fsp3) is 0.375. The van der Waals surface area contributed by atoms with Gasteiger partial charge in [0.25, 0.3) is 0 Å². The van der Waals surface area contributed by atoms with E-state index in [0.29, 0.717) is 18.0 Å². The lowest BCUT2D eigenvalue weighted by molar-refractivity contribution is 0.492.